The average molecular weight is 334 g/mol. The summed E-state index contributed by atoms with van der Waals surface area (Å²) in [6.07, 6.45) is -0.163. The van der Waals surface area contributed by atoms with Gasteiger partial charge in [0.25, 0.3) is 5.04 Å². The Morgan fingerprint density at radius 3 is 1.55 bits per heavy atom. The lowest BCUT2D eigenvalue weighted by atomic mass is 10.1. The van der Waals surface area contributed by atoms with Gasteiger partial charge in [0.1, 0.15) is 11.1 Å². The molecule has 11 heteroatoms. The van der Waals surface area contributed by atoms with E-state index in [1.165, 1.54) is 6.26 Å². The standard InChI is InChI=1S/C11H22N6O4S/c1-10(2,3)13-15(18)9(8(22-7)12-17(20)21)16(19)14-11(4,5)6/h9H,1-7H3/b12-8-,15-13?,16-14?. The van der Waals surface area contributed by atoms with Crippen LogP contribution in [-0.2, 0) is 0 Å². The van der Waals surface area contributed by atoms with Gasteiger partial charge in [-0.25, -0.2) is 10.1 Å². The first-order chi connectivity index (χ1) is 9.76. The van der Waals surface area contributed by atoms with Gasteiger partial charge in [-0.3, -0.25) is 0 Å². The summed E-state index contributed by atoms with van der Waals surface area (Å²) in [7, 11) is 0. The van der Waals surface area contributed by atoms with Gasteiger partial charge in [0.2, 0.25) is 0 Å². The van der Waals surface area contributed by atoms with Crippen molar-refractivity contribution in [1.82, 2.24) is 0 Å². The highest BCUT2D eigenvalue weighted by Crippen LogP contribution is 2.16. The molecule has 0 fully saturated rings. The number of rotatable bonds is 4. The lowest BCUT2D eigenvalue weighted by molar-refractivity contribution is -0.764. The molecular weight excluding hydrogens is 312 g/mol. The minimum Gasteiger partial charge on any atom is -0.594 e. The van der Waals surface area contributed by atoms with Crippen LogP contribution in [0.3, 0.4) is 0 Å². The van der Waals surface area contributed by atoms with E-state index in [0.717, 1.165) is 11.8 Å². The zero-order valence-corrected chi connectivity index (χ0v) is 14.6. The van der Waals surface area contributed by atoms with Crippen molar-refractivity contribution in [3.8, 4) is 0 Å². The Balaban J connectivity index is 6.06. The number of hydrogen-bond acceptors (Lipinski definition) is 7. The summed E-state index contributed by atoms with van der Waals surface area (Å²) in [6.45, 7) is 9.97. The van der Waals surface area contributed by atoms with E-state index in [-0.39, 0.29) is 14.8 Å². The quantitative estimate of drug-likeness (QED) is 0.148. The van der Waals surface area contributed by atoms with Gasteiger partial charge in [0, 0.05) is 0 Å². The van der Waals surface area contributed by atoms with Crippen molar-refractivity contribution in [2.45, 2.75) is 58.8 Å². The molecule has 0 aromatic heterocycles. The molecule has 22 heavy (non-hydrogen) atoms. The second-order valence-electron chi connectivity index (χ2n) is 6.40. The molecule has 0 saturated carbocycles. The molecular formula is C11H22N6O4S. The third-order valence-corrected chi connectivity index (χ3v) is 2.54. The lowest BCUT2D eigenvalue weighted by Crippen LogP contribution is -2.39. The summed E-state index contributed by atoms with van der Waals surface area (Å²) < 4.78 is 0. The largest absolute Gasteiger partial charge is 0.594 e. The monoisotopic (exact) mass is 334 g/mol. The maximum atomic E-state index is 12.2. The van der Waals surface area contributed by atoms with Crippen molar-refractivity contribution >= 4 is 16.8 Å². The van der Waals surface area contributed by atoms with Gasteiger partial charge >= 0.3 is 6.17 Å². The minimum atomic E-state index is -1.64. The highest BCUT2D eigenvalue weighted by atomic mass is 32.2. The Bertz CT molecular complexity index is 474. The molecule has 10 nitrogen and oxygen atoms in total. The normalized spacial score (nSPS) is 16.6. The first kappa shape index (κ1) is 20.2. The van der Waals surface area contributed by atoms with Crippen LogP contribution in [0.1, 0.15) is 41.5 Å². The van der Waals surface area contributed by atoms with Crippen molar-refractivity contribution in [3.05, 3.63) is 20.5 Å². The third-order valence-electron chi connectivity index (χ3n) is 1.83. The first-order valence-corrected chi connectivity index (χ1v) is 7.64. The van der Waals surface area contributed by atoms with Gasteiger partial charge in [-0.15, -0.1) is 0 Å². The molecule has 126 valence electrons. The zero-order chi connectivity index (χ0) is 17.7. The molecule has 0 bridgehead atoms. The van der Waals surface area contributed by atoms with Gasteiger partial charge in [-0.2, -0.15) is 0 Å². The van der Waals surface area contributed by atoms with Gasteiger partial charge in [0.15, 0.2) is 5.03 Å². The number of hydrogen-bond donors (Lipinski definition) is 0. The predicted molar refractivity (Wildman–Crippen MR) is 83.3 cm³/mol. The lowest BCUT2D eigenvalue weighted by Gasteiger charge is -2.16. The van der Waals surface area contributed by atoms with E-state index in [1.807, 2.05) is 0 Å². The molecule has 0 rings (SSSR count). The fourth-order valence-corrected chi connectivity index (χ4v) is 1.79. The van der Waals surface area contributed by atoms with E-state index < -0.39 is 22.3 Å². The van der Waals surface area contributed by atoms with Crippen molar-refractivity contribution in [1.29, 1.82) is 0 Å². The molecule has 0 spiro atoms. The maximum absolute atomic E-state index is 12.2. The van der Waals surface area contributed by atoms with Crippen molar-refractivity contribution in [2.24, 2.45) is 15.3 Å². The van der Waals surface area contributed by atoms with Crippen molar-refractivity contribution in [2.75, 3.05) is 6.26 Å². The summed E-state index contributed by atoms with van der Waals surface area (Å²) in [4.78, 5) is 10.8. The Kier molecular flexibility index (Phi) is 6.87. The van der Waals surface area contributed by atoms with Crippen LogP contribution in [0.25, 0.3) is 0 Å². The molecule has 0 aliphatic rings. The summed E-state index contributed by atoms with van der Waals surface area (Å²) in [5.74, 6) is 0. The highest BCUT2D eigenvalue weighted by molar-refractivity contribution is 8.13. The third kappa shape index (κ3) is 7.86. The van der Waals surface area contributed by atoms with E-state index in [2.05, 4.69) is 15.3 Å². The molecule has 0 radical (unpaired) electrons. The van der Waals surface area contributed by atoms with E-state index in [0.29, 0.717) is 0 Å². The van der Waals surface area contributed by atoms with Crippen LogP contribution in [0.5, 0.6) is 0 Å². The number of hydrazone groups is 1. The van der Waals surface area contributed by atoms with Gasteiger partial charge in [-0.1, -0.05) is 11.8 Å². The Morgan fingerprint density at radius 1 is 0.955 bits per heavy atom. The number of thioether (sulfide) groups is 1. The maximum Gasteiger partial charge on any atom is 0.464 e. The molecule has 0 aliphatic heterocycles. The molecule has 0 aromatic rings. The van der Waals surface area contributed by atoms with Crippen molar-refractivity contribution < 1.29 is 14.8 Å². The smallest absolute Gasteiger partial charge is 0.464 e. The summed E-state index contributed by atoms with van der Waals surface area (Å²) >= 11 is 0.820. The fraction of sp³-hybridized carbons (Fsp3) is 0.909. The second-order valence-corrected chi connectivity index (χ2v) is 7.23. The first-order valence-electron chi connectivity index (χ1n) is 6.42. The molecule has 0 heterocycles. The van der Waals surface area contributed by atoms with E-state index in [4.69, 9.17) is 0 Å². The molecule has 0 atom stereocenters. The number of nitrogens with zero attached hydrogens (tertiary/aromatic N) is 6. The predicted octanol–water partition coefficient (Wildman–Crippen LogP) is 2.79. The van der Waals surface area contributed by atoms with Gasteiger partial charge in [-0.05, 0) is 67.7 Å². The van der Waals surface area contributed by atoms with Crippen LogP contribution in [0, 0.1) is 20.5 Å². The van der Waals surface area contributed by atoms with E-state index in [9.17, 15) is 20.5 Å². The molecule has 0 saturated heterocycles. The Labute approximate surface area is 133 Å². The van der Waals surface area contributed by atoms with Crippen LogP contribution < -0.4 is 0 Å². The molecule has 0 aromatic carbocycles. The summed E-state index contributed by atoms with van der Waals surface area (Å²) in [5.41, 5.74) is -1.53. The average Bonchev–Trinajstić information content (AvgIpc) is 2.21. The van der Waals surface area contributed by atoms with Crippen LogP contribution >= 0.6 is 11.8 Å². The number of azo groups is 2. The number of hydroxylamine groups is 2. The van der Waals surface area contributed by atoms with Crippen LogP contribution in [-0.4, -0.2) is 43.3 Å². The van der Waals surface area contributed by atoms with Crippen LogP contribution in [0.4, 0.5) is 0 Å². The van der Waals surface area contributed by atoms with Crippen LogP contribution in [0.2, 0.25) is 0 Å². The van der Waals surface area contributed by atoms with Gasteiger partial charge in [0.05, 0.1) is 5.10 Å². The molecule has 0 N–H and O–H groups in total. The van der Waals surface area contributed by atoms with E-state index in [1.54, 1.807) is 41.5 Å². The fourth-order valence-electron chi connectivity index (χ4n) is 1.25. The Morgan fingerprint density at radius 2 is 1.32 bits per heavy atom. The molecule has 0 aliphatic carbocycles. The number of nitro groups is 1. The topological polar surface area (TPSA) is 132 Å². The minimum absolute atomic E-state index is 0.112. The Hall–Kier alpha value is -1.78. The summed E-state index contributed by atoms with van der Waals surface area (Å²) in [5, 5.41) is 44.4. The molecule has 0 unspecified atom stereocenters. The van der Waals surface area contributed by atoms with Crippen molar-refractivity contribution in [3.63, 3.8) is 0 Å². The molecule has 0 amide bonds. The summed E-state index contributed by atoms with van der Waals surface area (Å²) in [6, 6.07) is 0. The SMILES string of the molecule is CS/C(=N\[N+](=O)[O-])C([N+]([O-])=NC(C)(C)C)[N+]([O-])=NC(C)(C)C. The highest BCUT2D eigenvalue weighted by Gasteiger charge is 2.40. The van der Waals surface area contributed by atoms with E-state index >= 15 is 0 Å². The zero-order valence-electron chi connectivity index (χ0n) is 13.8. The van der Waals surface area contributed by atoms with Gasteiger partial charge < -0.3 is 10.4 Å². The van der Waals surface area contributed by atoms with Crippen LogP contribution in [0.15, 0.2) is 15.3 Å². The second kappa shape index (κ2) is 7.47.